The highest BCUT2D eigenvalue weighted by molar-refractivity contribution is 7.14. The van der Waals surface area contributed by atoms with Gasteiger partial charge in [0.2, 0.25) is 0 Å². The molecule has 0 fully saturated rings. The van der Waals surface area contributed by atoms with E-state index in [9.17, 15) is 4.79 Å². The molecule has 152 valence electrons. The first-order valence-corrected chi connectivity index (χ1v) is 11.7. The van der Waals surface area contributed by atoms with Crippen molar-refractivity contribution in [2.75, 3.05) is 0 Å². The molecule has 4 nitrogen and oxygen atoms in total. The fourth-order valence-corrected chi connectivity index (χ4v) is 4.81. The molecule has 0 saturated carbocycles. The number of aromatic nitrogens is 2. The summed E-state index contributed by atoms with van der Waals surface area (Å²) in [6.07, 6.45) is 0. The van der Waals surface area contributed by atoms with Crippen molar-refractivity contribution in [1.82, 2.24) is 15.3 Å². The smallest absolute Gasteiger partial charge is 0.251 e. The van der Waals surface area contributed by atoms with Gasteiger partial charge in [-0.2, -0.15) is 0 Å². The third-order valence-electron chi connectivity index (χ3n) is 4.80. The second-order valence-corrected chi connectivity index (χ2v) is 9.22. The molecule has 2 aromatic carbocycles. The lowest BCUT2D eigenvalue weighted by Gasteiger charge is -2.09. The lowest BCUT2D eigenvalue weighted by Crippen LogP contribution is -2.22. The largest absolute Gasteiger partial charge is 0.348 e. The molecule has 1 amide bonds. The molecule has 0 saturated heterocycles. The van der Waals surface area contributed by atoms with Gasteiger partial charge in [0.05, 0.1) is 20.8 Å². The Balaban J connectivity index is 1.48. The van der Waals surface area contributed by atoms with E-state index in [2.05, 4.69) is 11.4 Å². The molecule has 0 aliphatic rings. The minimum Gasteiger partial charge on any atom is -0.348 e. The van der Waals surface area contributed by atoms with Gasteiger partial charge in [-0.05, 0) is 58.8 Å². The normalized spacial score (nSPS) is 11.0. The zero-order valence-corrected chi connectivity index (χ0v) is 18.6. The van der Waals surface area contributed by atoms with Gasteiger partial charge >= 0.3 is 0 Å². The van der Waals surface area contributed by atoms with Crippen LogP contribution >= 0.6 is 34.3 Å². The molecule has 0 atom stereocenters. The van der Waals surface area contributed by atoms with Crippen molar-refractivity contribution in [3.8, 4) is 21.1 Å². The molecule has 3 heterocycles. The number of rotatable bonds is 5. The standard InChI is InChI=1S/C24H16ClN3OS2/c25-17-8-5-15(6-9-17)14-26-24(29)16-7-10-18-19(13-16)28-23(21-4-2-12-31-21)22(27-18)20-3-1-11-30-20/h1-13H,14H2,(H,26,29). The maximum Gasteiger partial charge on any atom is 0.251 e. The molecular weight excluding hydrogens is 446 g/mol. The van der Waals surface area contributed by atoms with Crippen LogP contribution in [0.25, 0.3) is 32.2 Å². The van der Waals surface area contributed by atoms with E-state index in [4.69, 9.17) is 21.6 Å². The fourth-order valence-electron chi connectivity index (χ4n) is 3.25. The average molecular weight is 462 g/mol. The summed E-state index contributed by atoms with van der Waals surface area (Å²) >= 11 is 9.19. The molecule has 3 aromatic heterocycles. The van der Waals surface area contributed by atoms with E-state index < -0.39 is 0 Å². The number of thiophene rings is 2. The van der Waals surface area contributed by atoms with Crippen molar-refractivity contribution < 1.29 is 4.79 Å². The fraction of sp³-hybridized carbons (Fsp3) is 0.0417. The quantitative estimate of drug-likeness (QED) is 0.318. The lowest BCUT2D eigenvalue weighted by molar-refractivity contribution is 0.0951. The highest BCUT2D eigenvalue weighted by Gasteiger charge is 2.16. The van der Waals surface area contributed by atoms with Crippen molar-refractivity contribution in [3.63, 3.8) is 0 Å². The average Bonchev–Trinajstić information content (AvgIpc) is 3.52. The van der Waals surface area contributed by atoms with Crippen LogP contribution in [0.3, 0.4) is 0 Å². The second-order valence-electron chi connectivity index (χ2n) is 6.89. The number of amides is 1. The van der Waals surface area contributed by atoms with Gasteiger partial charge in [0.15, 0.2) is 0 Å². The number of benzene rings is 2. The number of nitrogens with zero attached hydrogens (tertiary/aromatic N) is 2. The molecule has 0 aliphatic carbocycles. The first kappa shape index (κ1) is 19.9. The Labute approximate surface area is 192 Å². The molecule has 0 bridgehead atoms. The van der Waals surface area contributed by atoms with Crippen LogP contribution in [-0.2, 0) is 6.54 Å². The van der Waals surface area contributed by atoms with E-state index in [0.717, 1.165) is 32.2 Å². The number of nitrogens with one attached hydrogen (secondary N) is 1. The Morgan fingerprint density at radius 3 is 2.10 bits per heavy atom. The summed E-state index contributed by atoms with van der Waals surface area (Å²) in [7, 11) is 0. The van der Waals surface area contributed by atoms with E-state index in [1.165, 1.54) is 0 Å². The Morgan fingerprint density at radius 1 is 0.839 bits per heavy atom. The van der Waals surface area contributed by atoms with Crippen LogP contribution in [0.1, 0.15) is 15.9 Å². The number of carbonyl (C=O) groups is 1. The van der Waals surface area contributed by atoms with E-state index in [1.807, 2.05) is 59.3 Å². The predicted molar refractivity (Wildman–Crippen MR) is 129 cm³/mol. The summed E-state index contributed by atoms with van der Waals surface area (Å²) in [5, 5.41) is 7.68. The molecule has 1 N–H and O–H groups in total. The maximum absolute atomic E-state index is 12.7. The summed E-state index contributed by atoms with van der Waals surface area (Å²) in [5.74, 6) is -0.154. The van der Waals surface area contributed by atoms with Crippen LogP contribution in [0.4, 0.5) is 0 Å². The molecule has 5 rings (SSSR count). The number of carbonyl (C=O) groups excluding carboxylic acids is 1. The van der Waals surface area contributed by atoms with Crippen LogP contribution in [-0.4, -0.2) is 15.9 Å². The molecule has 7 heteroatoms. The first-order chi connectivity index (χ1) is 15.2. The lowest BCUT2D eigenvalue weighted by atomic mass is 10.1. The Hall–Kier alpha value is -3.06. The minimum absolute atomic E-state index is 0.154. The Bertz CT molecular complexity index is 1350. The maximum atomic E-state index is 12.7. The van der Waals surface area contributed by atoms with Crippen LogP contribution < -0.4 is 5.32 Å². The van der Waals surface area contributed by atoms with Crippen LogP contribution in [0, 0.1) is 0 Å². The molecule has 31 heavy (non-hydrogen) atoms. The second kappa shape index (κ2) is 8.59. The molecule has 5 aromatic rings. The molecule has 0 radical (unpaired) electrons. The van der Waals surface area contributed by atoms with Gasteiger partial charge in [0.25, 0.3) is 5.91 Å². The third-order valence-corrected chi connectivity index (χ3v) is 6.81. The van der Waals surface area contributed by atoms with E-state index in [0.29, 0.717) is 22.6 Å². The van der Waals surface area contributed by atoms with Crippen molar-refractivity contribution in [1.29, 1.82) is 0 Å². The van der Waals surface area contributed by atoms with Crippen molar-refractivity contribution in [3.05, 3.63) is 93.6 Å². The molecule has 0 aliphatic heterocycles. The Morgan fingerprint density at radius 2 is 1.48 bits per heavy atom. The SMILES string of the molecule is O=C(NCc1ccc(Cl)cc1)c1ccc2nc(-c3cccs3)c(-c3cccs3)nc2c1. The highest BCUT2D eigenvalue weighted by atomic mass is 35.5. The highest BCUT2D eigenvalue weighted by Crippen LogP contribution is 2.35. The van der Waals surface area contributed by atoms with Crippen molar-refractivity contribution >= 4 is 51.2 Å². The van der Waals surface area contributed by atoms with E-state index in [-0.39, 0.29) is 5.91 Å². The van der Waals surface area contributed by atoms with E-state index in [1.54, 1.807) is 34.8 Å². The number of fused-ring (bicyclic) bond motifs is 1. The molecule has 0 spiro atoms. The van der Waals surface area contributed by atoms with Gasteiger partial charge in [-0.1, -0.05) is 35.9 Å². The first-order valence-electron chi connectivity index (χ1n) is 9.59. The van der Waals surface area contributed by atoms with E-state index >= 15 is 0 Å². The summed E-state index contributed by atoms with van der Waals surface area (Å²) in [6.45, 7) is 0.428. The summed E-state index contributed by atoms with van der Waals surface area (Å²) in [4.78, 5) is 24.6. The summed E-state index contributed by atoms with van der Waals surface area (Å²) < 4.78 is 0. The minimum atomic E-state index is -0.154. The summed E-state index contributed by atoms with van der Waals surface area (Å²) in [6, 6.07) is 21.0. The van der Waals surface area contributed by atoms with Gasteiger partial charge in [-0.15, -0.1) is 22.7 Å². The van der Waals surface area contributed by atoms with Gasteiger partial charge in [0, 0.05) is 17.1 Å². The van der Waals surface area contributed by atoms with Crippen molar-refractivity contribution in [2.45, 2.75) is 6.54 Å². The number of halogens is 1. The molecule has 0 unspecified atom stereocenters. The zero-order valence-electron chi connectivity index (χ0n) is 16.2. The van der Waals surface area contributed by atoms with Gasteiger partial charge in [-0.25, -0.2) is 9.97 Å². The predicted octanol–water partition coefficient (Wildman–Crippen LogP) is 6.67. The zero-order chi connectivity index (χ0) is 21.2. The number of hydrogen-bond acceptors (Lipinski definition) is 5. The Kier molecular flexibility index (Phi) is 5.51. The van der Waals surface area contributed by atoms with Crippen LogP contribution in [0.15, 0.2) is 77.5 Å². The van der Waals surface area contributed by atoms with Crippen molar-refractivity contribution in [2.24, 2.45) is 0 Å². The summed E-state index contributed by atoms with van der Waals surface area (Å²) in [5.41, 5.74) is 4.70. The monoisotopic (exact) mass is 461 g/mol. The van der Waals surface area contributed by atoms with Gasteiger partial charge in [-0.3, -0.25) is 4.79 Å². The third kappa shape index (κ3) is 4.23. The number of hydrogen-bond donors (Lipinski definition) is 1. The topological polar surface area (TPSA) is 54.9 Å². The van der Waals surface area contributed by atoms with Gasteiger partial charge in [0.1, 0.15) is 11.4 Å². The van der Waals surface area contributed by atoms with Gasteiger partial charge < -0.3 is 5.32 Å². The van der Waals surface area contributed by atoms with Crippen LogP contribution in [0.2, 0.25) is 5.02 Å². The van der Waals surface area contributed by atoms with Crippen LogP contribution in [0.5, 0.6) is 0 Å². The molecular formula is C24H16ClN3OS2.